The smallest absolute Gasteiger partial charge is 0.191 e. The summed E-state index contributed by atoms with van der Waals surface area (Å²) in [6, 6.07) is 8.36. The lowest BCUT2D eigenvalue weighted by atomic mass is 10.2. The van der Waals surface area contributed by atoms with Gasteiger partial charge >= 0.3 is 0 Å². The molecule has 6 heteroatoms. The van der Waals surface area contributed by atoms with Crippen molar-refractivity contribution < 1.29 is 4.74 Å². The number of methoxy groups -OCH3 is 1. The van der Waals surface area contributed by atoms with Crippen LogP contribution in [-0.4, -0.2) is 39.3 Å². The van der Waals surface area contributed by atoms with Gasteiger partial charge in [-0.1, -0.05) is 26.0 Å². The summed E-state index contributed by atoms with van der Waals surface area (Å²) in [5, 5.41) is 9.92. The maximum atomic E-state index is 5.02. The van der Waals surface area contributed by atoms with E-state index in [2.05, 4.69) is 66.0 Å². The summed E-state index contributed by atoms with van der Waals surface area (Å²) in [6.45, 7) is 10.4. The van der Waals surface area contributed by atoms with E-state index in [0.29, 0.717) is 19.1 Å². The van der Waals surface area contributed by atoms with Gasteiger partial charge in [0.1, 0.15) is 0 Å². The van der Waals surface area contributed by atoms with Gasteiger partial charge in [-0.3, -0.25) is 0 Å². The maximum Gasteiger partial charge on any atom is 0.191 e. The lowest BCUT2D eigenvalue weighted by Crippen LogP contribution is -2.39. The standard InChI is InChI=1S/C17H30N4O.HI/c1-5-18-17(20-12-14(2)3)21-13-15-6-8-16(9-7-15)19-10-11-22-4;/h6-9,14,19H,5,10-13H2,1-4H3,(H2,18,20,21);1H. The Labute approximate surface area is 157 Å². The molecule has 5 nitrogen and oxygen atoms in total. The molecule has 0 aliphatic heterocycles. The molecule has 0 radical (unpaired) electrons. The average molecular weight is 434 g/mol. The molecule has 1 aromatic rings. The van der Waals surface area contributed by atoms with Crippen molar-refractivity contribution in [2.24, 2.45) is 10.9 Å². The molecule has 0 atom stereocenters. The minimum absolute atomic E-state index is 0. The third-order valence-electron chi connectivity index (χ3n) is 3.03. The van der Waals surface area contributed by atoms with Gasteiger partial charge in [0.15, 0.2) is 5.96 Å². The Hall–Kier alpha value is -1.02. The summed E-state index contributed by atoms with van der Waals surface area (Å²) in [5.74, 6) is 1.47. The number of halogens is 1. The van der Waals surface area contributed by atoms with Gasteiger partial charge in [0, 0.05) is 32.4 Å². The van der Waals surface area contributed by atoms with Crippen LogP contribution >= 0.6 is 24.0 Å². The van der Waals surface area contributed by atoms with E-state index >= 15 is 0 Å². The van der Waals surface area contributed by atoms with E-state index in [4.69, 9.17) is 4.74 Å². The average Bonchev–Trinajstić information content (AvgIpc) is 2.51. The van der Waals surface area contributed by atoms with E-state index in [9.17, 15) is 0 Å². The molecule has 23 heavy (non-hydrogen) atoms. The number of anilines is 1. The van der Waals surface area contributed by atoms with Gasteiger partial charge in [0.2, 0.25) is 0 Å². The number of hydrogen-bond acceptors (Lipinski definition) is 3. The molecule has 0 bridgehead atoms. The molecule has 1 rings (SSSR count). The highest BCUT2D eigenvalue weighted by Gasteiger charge is 1.99. The van der Waals surface area contributed by atoms with Crippen LogP contribution in [0.5, 0.6) is 0 Å². The number of ether oxygens (including phenoxy) is 1. The fraction of sp³-hybridized carbons (Fsp3) is 0.588. The van der Waals surface area contributed by atoms with Crippen molar-refractivity contribution in [3.63, 3.8) is 0 Å². The van der Waals surface area contributed by atoms with E-state index < -0.39 is 0 Å². The van der Waals surface area contributed by atoms with E-state index in [0.717, 1.165) is 31.3 Å². The van der Waals surface area contributed by atoms with Gasteiger partial charge < -0.3 is 20.7 Å². The number of rotatable bonds is 9. The van der Waals surface area contributed by atoms with E-state index in [-0.39, 0.29) is 24.0 Å². The fourth-order valence-electron chi connectivity index (χ4n) is 1.84. The Morgan fingerprint density at radius 1 is 1.17 bits per heavy atom. The Morgan fingerprint density at radius 2 is 1.87 bits per heavy atom. The highest BCUT2D eigenvalue weighted by Crippen LogP contribution is 2.10. The molecule has 0 saturated heterocycles. The molecule has 0 aromatic heterocycles. The number of nitrogens with zero attached hydrogens (tertiary/aromatic N) is 1. The molecule has 0 heterocycles. The maximum absolute atomic E-state index is 5.02. The van der Waals surface area contributed by atoms with Crippen LogP contribution in [0.15, 0.2) is 29.3 Å². The van der Waals surface area contributed by atoms with Crippen LogP contribution in [0.2, 0.25) is 0 Å². The van der Waals surface area contributed by atoms with Crippen LogP contribution in [0.3, 0.4) is 0 Å². The van der Waals surface area contributed by atoms with Crippen molar-refractivity contribution in [1.29, 1.82) is 0 Å². The number of benzene rings is 1. The second-order valence-corrected chi connectivity index (χ2v) is 5.59. The van der Waals surface area contributed by atoms with Crippen LogP contribution in [-0.2, 0) is 11.3 Å². The van der Waals surface area contributed by atoms with E-state index in [1.54, 1.807) is 7.11 Å². The summed E-state index contributed by atoms with van der Waals surface area (Å²) in [5.41, 5.74) is 2.30. The number of hydrogen-bond donors (Lipinski definition) is 3. The summed E-state index contributed by atoms with van der Waals surface area (Å²) in [6.07, 6.45) is 0. The molecular weight excluding hydrogens is 403 g/mol. The quantitative estimate of drug-likeness (QED) is 0.242. The Balaban J connectivity index is 0.00000484. The third kappa shape index (κ3) is 10.4. The summed E-state index contributed by atoms with van der Waals surface area (Å²) < 4.78 is 5.02. The van der Waals surface area contributed by atoms with Gasteiger partial charge in [0.05, 0.1) is 13.2 Å². The number of nitrogens with one attached hydrogen (secondary N) is 3. The van der Waals surface area contributed by atoms with Crippen molar-refractivity contribution in [3.8, 4) is 0 Å². The fourth-order valence-corrected chi connectivity index (χ4v) is 1.84. The molecule has 132 valence electrons. The molecule has 0 unspecified atom stereocenters. The van der Waals surface area contributed by atoms with Gasteiger partial charge in [-0.2, -0.15) is 0 Å². The zero-order valence-corrected chi connectivity index (χ0v) is 17.0. The largest absolute Gasteiger partial charge is 0.383 e. The lowest BCUT2D eigenvalue weighted by Gasteiger charge is -2.13. The Bertz CT molecular complexity index is 435. The Morgan fingerprint density at radius 3 is 2.43 bits per heavy atom. The van der Waals surface area contributed by atoms with Gasteiger partial charge in [-0.25, -0.2) is 4.99 Å². The summed E-state index contributed by atoms with van der Waals surface area (Å²) >= 11 is 0. The lowest BCUT2D eigenvalue weighted by molar-refractivity contribution is 0.211. The van der Waals surface area contributed by atoms with Crippen molar-refractivity contribution >= 4 is 35.6 Å². The monoisotopic (exact) mass is 434 g/mol. The highest BCUT2D eigenvalue weighted by molar-refractivity contribution is 14.0. The Kier molecular flexibility index (Phi) is 12.8. The van der Waals surface area contributed by atoms with Crippen molar-refractivity contribution in [1.82, 2.24) is 10.6 Å². The summed E-state index contributed by atoms with van der Waals surface area (Å²) in [7, 11) is 1.71. The van der Waals surface area contributed by atoms with Crippen LogP contribution in [0.4, 0.5) is 5.69 Å². The van der Waals surface area contributed by atoms with Gasteiger partial charge in [0.25, 0.3) is 0 Å². The molecule has 0 spiro atoms. The molecule has 0 saturated carbocycles. The normalized spacial score (nSPS) is 11.1. The number of guanidine groups is 1. The van der Waals surface area contributed by atoms with Crippen LogP contribution in [0, 0.1) is 5.92 Å². The zero-order valence-electron chi connectivity index (χ0n) is 14.7. The third-order valence-corrected chi connectivity index (χ3v) is 3.03. The zero-order chi connectivity index (χ0) is 16.2. The summed E-state index contributed by atoms with van der Waals surface area (Å²) in [4.78, 5) is 4.61. The van der Waals surface area contributed by atoms with E-state index in [1.807, 2.05) is 0 Å². The first-order chi connectivity index (χ1) is 10.7. The minimum atomic E-state index is 0. The second-order valence-electron chi connectivity index (χ2n) is 5.59. The van der Waals surface area contributed by atoms with Crippen LogP contribution in [0.25, 0.3) is 0 Å². The van der Waals surface area contributed by atoms with Gasteiger partial charge in [-0.05, 0) is 30.5 Å². The topological polar surface area (TPSA) is 57.7 Å². The molecule has 0 amide bonds. The first-order valence-corrected chi connectivity index (χ1v) is 7.99. The molecule has 0 aliphatic carbocycles. The molecule has 0 aliphatic rings. The number of aliphatic imine (C=N–C) groups is 1. The SMILES string of the molecule is CCNC(=NCc1ccc(NCCOC)cc1)NCC(C)C.I. The minimum Gasteiger partial charge on any atom is -0.383 e. The van der Waals surface area contributed by atoms with Crippen LogP contribution in [0.1, 0.15) is 26.3 Å². The van der Waals surface area contributed by atoms with E-state index in [1.165, 1.54) is 5.56 Å². The van der Waals surface area contributed by atoms with Crippen molar-refractivity contribution in [2.75, 3.05) is 38.7 Å². The van der Waals surface area contributed by atoms with Crippen molar-refractivity contribution in [3.05, 3.63) is 29.8 Å². The first kappa shape index (κ1) is 22.0. The second kappa shape index (κ2) is 13.4. The van der Waals surface area contributed by atoms with Crippen LogP contribution < -0.4 is 16.0 Å². The van der Waals surface area contributed by atoms with Gasteiger partial charge in [-0.15, -0.1) is 24.0 Å². The predicted molar refractivity (Wildman–Crippen MR) is 110 cm³/mol. The first-order valence-electron chi connectivity index (χ1n) is 7.99. The molecule has 3 N–H and O–H groups in total. The van der Waals surface area contributed by atoms with Crippen molar-refractivity contribution in [2.45, 2.75) is 27.3 Å². The molecule has 1 aromatic carbocycles. The highest BCUT2D eigenvalue weighted by atomic mass is 127. The predicted octanol–water partition coefficient (Wildman–Crippen LogP) is 3.07. The molecule has 0 fully saturated rings. The molecular formula is C17H31IN4O.